The third kappa shape index (κ3) is 2.68. The molecule has 110 valence electrons. The lowest BCUT2D eigenvalue weighted by Gasteiger charge is -2.21. The van der Waals surface area contributed by atoms with Gasteiger partial charge in [-0.3, -0.25) is 4.79 Å². The Balaban J connectivity index is 1.89. The van der Waals surface area contributed by atoms with Crippen LogP contribution in [0.25, 0.3) is 0 Å². The number of hydrogen-bond acceptors (Lipinski definition) is 5. The van der Waals surface area contributed by atoms with Gasteiger partial charge < -0.3 is 16.0 Å². The minimum absolute atomic E-state index is 0.160. The number of fused-ring (bicyclic) bond motifs is 1. The number of benzene rings is 1. The van der Waals surface area contributed by atoms with Crippen LogP contribution in [-0.4, -0.2) is 17.9 Å². The van der Waals surface area contributed by atoms with E-state index in [1.165, 1.54) is 0 Å². The molecule has 0 radical (unpaired) electrons. The fourth-order valence-electron chi connectivity index (χ4n) is 2.40. The summed E-state index contributed by atoms with van der Waals surface area (Å²) < 4.78 is 0.919. The third-order valence-corrected chi connectivity index (χ3v) is 4.93. The first-order chi connectivity index (χ1) is 9.95. The molecule has 0 saturated heterocycles. The molecule has 1 atom stereocenters. The zero-order chi connectivity index (χ0) is 15.1. The number of carbonyl (C=O) groups excluding carboxylic acids is 1. The number of aromatic nitrogens is 1. The summed E-state index contributed by atoms with van der Waals surface area (Å²) in [7, 11) is 2.00. The van der Waals surface area contributed by atoms with E-state index in [2.05, 4.69) is 36.5 Å². The summed E-state index contributed by atoms with van der Waals surface area (Å²) in [5, 5.41) is 5.93. The molecule has 1 aliphatic heterocycles. The zero-order valence-electron chi connectivity index (χ0n) is 11.7. The van der Waals surface area contributed by atoms with Crippen molar-refractivity contribution in [3.8, 4) is 0 Å². The Labute approximate surface area is 135 Å². The van der Waals surface area contributed by atoms with Gasteiger partial charge in [0.25, 0.3) is 0 Å². The minimum Gasteiger partial charge on any atom is -0.368 e. The molecular formula is C14H15BrN4OS. The maximum absolute atomic E-state index is 11.6. The monoisotopic (exact) mass is 366 g/mol. The van der Waals surface area contributed by atoms with E-state index in [1.54, 1.807) is 11.3 Å². The number of anilines is 2. The number of aryl methyl sites for hydroxylation is 1. The Morgan fingerprint density at radius 2 is 2.29 bits per heavy atom. The number of hydrogen-bond donors (Lipinski definition) is 2. The van der Waals surface area contributed by atoms with Gasteiger partial charge in [0.2, 0.25) is 5.91 Å². The first-order valence-corrected chi connectivity index (χ1v) is 8.15. The molecule has 7 heteroatoms. The Morgan fingerprint density at radius 1 is 1.52 bits per heavy atom. The Bertz CT molecular complexity index is 715. The molecule has 1 unspecified atom stereocenters. The molecule has 1 amide bonds. The topological polar surface area (TPSA) is 71.2 Å². The molecule has 0 saturated carbocycles. The van der Waals surface area contributed by atoms with E-state index in [9.17, 15) is 4.79 Å². The normalized spacial score (nSPS) is 16.8. The second-order valence-corrected chi connectivity index (χ2v) is 6.99. The number of carbonyl (C=O) groups is 1. The highest BCUT2D eigenvalue weighted by Gasteiger charge is 2.28. The summed E-state index contributed by atoms with van der Waals surface area (Å²) in [6.07, 6.45) is 0. The molecule has 2 aromatic rings. The van der Waals surface area contributed by atoms with Gasteiger partial charge in [0.1, 0.15) is 6.04 Å². The lowest BCUT2D eigenvalue weighted by atomic mass is 10.1. The molecule has 5 nitrogen and oxygen atoms in total. The van der Waals surface area contributed by atoms with Crippen LogP contribution in [0, 0.1) is 6.92 Å². The summed E-state index contributed by atoms with van der Waals surface area (Å²) in [5.41, 5.74) is 9.50. The van der Waals surface area contributed by atoms with E-state index in [-0.39, 0.29) is 5.91 Å². The predicted octanol–water partition coefficient (Wildman–Crippen LogP) is 2.80. The van der Waals surface area contributed by atoms with Gasteiger partial charge in [-0.25, -0.2) is 4.98 Å². The van der Waals surface area contributed by atoms with Crippen molar-refractivity contribution in [2.75, 3.05) is 17.3 Å². The van der Waals surface area contributed by atoms with Crippen LogP contribution in [0.15, 0.2) is 22.0 Å². The summed E-state index contributed by atoms with van der Waals surface area (Å²) >= 11 is 5.21. The molecule has 1 aliphatic rings. The number of nitrogens with two attached hydrogens (primary N) is 1. The fraction of sp³-hybridized carbons (Fsp3) is 0.286. The first-order valence-electron chi connectivity index (χ1n) is 6.47. The molecule has 3 N–H and O–H groups in total. The Kier molecular flexibility index (Phi) is 3.73. The highest BCUT2D eigenvalue weighted by Crippen LogP contribution is 2.38. The highest BCUT2D eigenvalue weighted by atomic mass is 79.9. The maximum Gasteiger partial charge on any atom is 0.245 e. The number of nitrogens with zero attached hydrogens (tertiary/aromatic N) is 2. The first kappa shape index (κ1) is 14.5. The van der Waals surface area contributed by atoms with Gasteiger partial charge in [0, 0.05) is 28.2 Å². The van der Waals surface area contributed by atoms with Crippen molar-refractivity contribution < 1.29 is 4.79 Å². The number of nitrogens with one attached hydrogen (secondary N) is 1. The number of rotatable bonds is 3. The van der Waals surface area contributed by atoms with Crippen molar-refractivity contribution in [2.45, 2.75) is 19.5 Å². The second-order valence-electron chi connectivity index (χ2n) is 5.07. The lowest BCUT2D eigenvalue weighted by molar-refractivity contribution is -0.116. The third-order valence-electron chi connectivity index (χ3n) is 3.47. The van der Waals surface area contributed by atoms with Crippen LogP contribution >= 0.6 is 27.3 Å². The molecular weight excluding hydrogens is 352 g/mol. The standard InChI is InChI=1S/C14H15BrN4OS/c1-7-17-8(6-21-7)5-19(2)12-4-11-9(3-10(12)15)13(16)14(20)18-11/h3-4,6,13H,5,16H2,1-2H3,(H,18,20). The molecule has 0 aliphatic carbocycles. The molecule has 21 heavy (non-hydrogen) atoms. The SMILES string of the molecule is Cc1nc(CN(C)c2cc3c(cc2Br)C(N)C(=O)N3)cs1. The minimum atomic E-state index is -0.586. The number of halogens is 1. The van der Waals surface area contributed by atoms with Crippen molar-refractivity contribution in [3.63, 3.8) is 0 Å². The van der Waals surface area contributed by atoms with Crippen LogP contribution in [0.1, 0.15) is 22.3 Å². The number of thiazole rings is 1. The van der Waals surface area contributed by atoms with Gasteiger partial charge in [0.15, 0.2) is 0 Å². The zero-order valence-corrected chi connectivity index (χ0v) is 14.1. The molecule has 0 fully saturated rings. The van der Waals surface area contributed by atoms with Crippen molar-refractivity contribution >= 4 is 44.5 Å². The van der Waals surface area contributed by atoms with E-state index >= 15 is 0 Å². The summed E-state index contributed by atoms with van der Waals surface area (Å²) in [5.74, 6) is -0.160. The predicted molar refractivity (Wildman–Crippen MR) is 88.7 cm³/mol. The molecule has 3 rings (SSSR count). The van der Waals surface area contributed by atoms with Crippen LogP contribution in [0.4, 0.5) is 11.4 Å². The van der Waals surface area contributed by atoms with Crippen molar-refractivity contribution in [3.05, 3.63) is 38.3 Å². The van der Waals surface area contributed by atoms with Gasteiger partial charge in [-0.2, -0.15) is 0 Å². The van der Waals surface area contributed by atoms with Gasteiger partial charge in [-0.15, -0.1) is 11.3 Å². The van der Waals surface area contributed by atoms with Crippen molar-refractivity contribution in [2.24, 2.45) is 5.73 Å². The molecule has 1 aromatic heterocycles. The summed E-state index contributed by atoms with van der Waals surface area (Å²) in [6, 6.07) is 3.27. The van der Waals surface area contributed by atoms with Crippen LogP contribution in [0.3, 0.4) is 0 Å². The van der Waals surface area contributed by atoms with E-state index < -0.39 is 6.04 Å². The quantitative estimate of drug-likeness (QED) is 0.875. The van der Waals surface area contributed by atoms with Crippen LogP contribution in [-0.2, 0) is 11.3 Å². The molecule has 2 heterocycles. The van der Waals surface area contributed by atoms with E-state index in [4.69, 9.17) is 5.73 Å². The number of amides is 1. The second kappa shape index (κ2) is 5.40. The molecule has 1 aromatic carbocycles. The Hall–Kier alpha value is -1.44. The van der Waals surface area contributed by atoms with Crippen LogP contribution < -0.4 is 16.0 Å². The van der Waals surface area contributed by atoms with Gasteiger partial charge >= 0.3 is 0 Å². The smallest absolute Gasteiger partial charge is 0.245 e. The summed E-state index contributed by atoms with van der Waals surface area (Å²) in [4.78, 5) is 18.2. The van der Waals surface area contributed by atoms with Crippen LogP contribution in [0.5, 0.6) is 0 Å². The Morgan fingerprint density at radius 3 is 2.95 bits per heavy atom. The van der Waals surface area contributed by atoms with Crippen LogP contribution in [0.2, 0.25) is 0 Å². The van der Waals surface area contributed by atoms with E-state index in [0.29, 0.717) is 6.54 Å². The molecule has 0 spiro atoms. The van der Waals surface area contributed by atoms with Crippen molar-refractivity contribution in [1.29, 1.82) is 0 Å². The lowest BCUT2D eigenvalue weighted by Crippen LogP contribution is -2.19. The maximum atomic E-state index is 11.6. The van der Waals surface area contributed by atoms with E-state index in [1.807, 2.05) is 26.1 Å². The van der Waals surface area contributed by atoms with Gasteiger partial charge in [-0.05, 0) is 35.0 Å². The average Bonchev–Trinajstić information content (AvgIpc) is 2.95. The fourth-order valence-corrected chi connectivity index (χ4v) is 3.66. The average molecular weight is 367 g/mol. The molecule has 0 bridgehead atoms. The van der Waals surface area contributed by atoms with Gasteiger partial charge in [-0.1, -0.05) is 0 Å². The van der Waals surface area contributed by atoms with Crippen molar-refractivity contribution in [1.82, 2.24) is 4.98 Å². The van der Waals surface area contributed by atoms with Gasteiger partial charge in [0.05, 0.1) is 22.9 Å². The van der Waals surface area contributed by atoms with E-state index in [0.717, 1.165) is 32.1 Å². The summed E-state index contributed by atoms with van der Waals surface area (Å²) in [6.45, 7) is 2.71. The highest BCUT2D eigenvalue weighted by molar-refractivity contribution is 9.10. The largest absolute Gasteiger partial charge is 0.368 e.